The average Bonchev–Trinajstić information content (AvgIpc) is 3.92. The van der Waals surface area contributed by atoms with Crippen LogP contribution in [0.3, 0.4) is 0 Å². The van der Waals surface area contributed by atoms with Gasteiger partial charge in [-0.05, 0) is 128 Å². The van der Waals surface area contributed by atoms with Crippen LogP contribution in [0.15, 0.2) is 120 Å². The van der Waals surface area contributed by atoms with E-state index >= 15 is 0 Å². The average molecular weight is 837 g/mol. The van der Waals surface area contributed by atoms with Crippen LogP contribution in [-0.4, -0.2) is 11.4 Å². The van der Waals surface area contributed by atoms with Crippen LogP contribution in [0, 0.1) is 0 Å². The molecule has 0 saturated carbocycles. The van der Waals surface area contributed by atoms with Crippen LogP contribution in [0.2, 0.25) is 0 Å². The molecule has 0 amide bonds. The Morgan fingerprint density at radius 3 is 2.00 bits per heavy atom. The molecule has 0 saturated heterocycles. The second-order valence-corrected chi connectivity index (χ2v) is 23.5. The lowest BCUT2D eigenvalue weighted by Gasteiger charge is -2.46. The summed E-state index contributed by atoms with van der Waals surface area (Å²) in [5.41, 5.74) is 19.2. The largest absolute Gasteiger partial charge is 0.455 e. The van der Waals surface area contributed by atoms with Crippen molar-refractivity contribution in [2.75, 3.05) is 4.81 Å². The maximum Gasteiger partial charge on any atom is 0.333 e. The summed E-state index contributed by atoms with van der Waals surface area (Å²) in [5, 5.41) is 7.64. The Hall–Kier alpha value is -5.78. The van der Waals surface area contributed by atoms with Gasteiger partial charge in [-0.25, -0.2) is 0 Å². The molecule has 0 fully saturated rings. The molecule has 3 nitrogen and oxygen atoms in total. The van der Waals surface area contributed by atoms with Crippen LogP contribution in [0.4, 0.5) is 11.4 Å². The number of anilines is 2. The molecule has 0 spiro atoms. The molecule has 1 aliphatic carbocycles. The molecule has 0 radical (unpaired) electrons. The van der Waals surface area contributed by atoms with Crippen molar-refractivity contribution in [3.05, 3.63) is 138 Å². The number of rotatable bonds is 1. The van der Waals surface area contributed by atoms with E-state index in [0.717, 1.165) is 24.0 Å². The number of hydrogen-bond acceptors (Lipinski definition) is 3. The minimum absolute atomic E-state index is 0.0224. The van der Waals surface area contributed by atoms with Gasteiger partial charge in [-0.3, -0.25) is 0 Å². The zero-order valence-corrected chi connectivity index (χ0v) is 39.0. The van der Waals surface area contributed by atoms with E-state index in [9.17, 15) is 0 Å². The van der Waals surface area contributed by atoms with Crippen molar-refractivity contribution in [2.24, 2.45) is 0 Å². The first-order chi connectivity index (χ1) is 30.0. The highest BCUT2D eigenvalue weighted by molar-refractivity contribution is 7.26. The number of benzene rings is 7. The number of fused-ring (bicyclic) bond motifs is 17. The first kappa shape index (κ1) is 37.8. The van der Waals surface area contributed by atoms with Gasteiger partial charge in [0.05, 0.1) is 11.0 Å². The van der Waals surface area contributed by atoms with Crippen molar-refractivity contribution < 1.29 is 4.42 Å². The van der Waals surface area contributed by atoms with Crippen LogP contribution in [0.1, 0.15) is 104 Å². The predicted molar refractivity (Wildman–Crippen MR) is 273 cm³/mol. The number of aromatic nitrogens is 1. The van der Waals surface area contributed by atoms with E-state index in [1.165, 1.54) is 114 Å². The molecule has 0 bridgehead atoms. The van der Waals surface area contributed by atoms with Crippen LogP contribution < -0.4 is 15.7 Å². The van der Waals surface area contributed by atoms with E-state index < -0.39 is 0 Å². The van der Waals surface area contributed by atoms with Gasteiger partial charge in [-0.1, -0.05) is 124 Å². The summed E-state index contributed by atoms with van der Waals surface area (Å²) in [6.45, 7) is 23.7. The summed E-state index contributed by atoms with van der Waals surface area (Å²) >= 11 is 1.92. The molecule has 5 heterocycles. The van der Waals surface area contributed by atoms with Gasteiger partial charge >= 0.3 is 6.85 Å². The Morgan fingerprint density at radius 1 is 0.603 bits per heavy atom. The van der Waals surface area contributed by atoms with E-state index in [2.05, 4.69) is 194 Å². The minimum atomic E-state index is -0.116. The molecule has 63 heavy (non-hydrogen) atoms. The van der Waals surface area contributed by atoms with E-state index in [-0.39, 0.29) is 28.5 Å². The number of nitrogens with zero attached hydrogens (tertiary/aromatic N) is 2. The van der Waals surface area contributed by atoms with Crippen molar-refractivity contribution >= 4 is 104 Å². The van der Waals surface area contributed by atoms with Gasteiger partial charge in [0.15, 0.2) is 0 Å². The molecule has 5 heteroatoms. The normalized spacial score (nSPS) is 16.5. The Bertz CT molecular complexity index is 3650. The van der Waals surface area contributed by atoms with E-state index in [0.29, 0.717) is 0 Å². The third-order valence-electron chi connectivity index (χ3n) is 15.5. The number of thiophene rings is 1. The molecule has 2 aliphatic heterocycles. The molecule has 0 unspecified atom stereocenters. The van der Waals surface area contributed by atoms with Gasteiger partial charge in [-0.15, -0.1) is 11.3 Å². The zero-order chi connectivity index (χ0) is 43.3. The van der Waals surface area contributed by atoms with Crippen LogP contribution in [0.5, 0.6) is 0 Å². The fraction of sp³-hybridized carbons (Fsp3) is 0.276. The van der Waals surface area contributed by atoms with E-state index in [1.807, 2.05) is 11.3 Å². The smallest absolute Gasteiger partial charge is 0.333 e. The maximum absolute atomic E-state index is 7.35. The molecular formula is C58H53BN2OS. The van der Waals surface area contributed by atoms with E-state index in [1.54, 1.807) is 0 Å². The second kappa shape index (κ2) is 12.1. The summed E-state index contributed by atoms with van der Waals surface area (Å²) in [6, 6.07) is 44.9. The quantitative estimate of drug-likeness (QED) is 0.154. The summed E-state index contributed by atoms with van der Waals surface area (Å²) in [7, 11) is 0. The lowest BCUT2D eigenvalue weighted by atomic mass is 9.43. The maximum atomic E-state index is 7.35. The molecule has 10 aromatic rings. The molecule has 0 atom stereocenters. The molecule has 3 aromatic heterocycles. The number of furan rings is 1. The summed E-state index contributed by atoms with van der Waals surface area (Å²) < 4.78 is 12.7. The lowest BCUT2D eigenvalue weighted by molar-refractivity contribution is 0.332. The zero-order valence-electron chi connectivity index (χ0n) is 38.2. The highest BCUT2D eigenvalue weighted by Gasteiger charge is 2.48. The monoisotopic (exact) mass is 836 g/mol. The first-order valence-corrected chi connectivity index (χ1v) is 23.8. The number of para-hydroxylation sites is 1. The Morgan fingerprint density at radius 2 is 1.27 bits per heavy atom. The Labute approximate surface area is 374 Å². The van der Waals surface area contributed by atoms with Crippen LogP contribution in [-0.2, 0) is 21.7 Å². The van der Waals surface area contributed by atoms with Gasteiger partial charge in [0, 0.05) is 69.9 Å². The second-order valence-electron chi connectivity index (χ2n) is 22.4. The molecular weight excluding hydrogens is 784 g/mol. The van der Waals surface area contributed by atoms with Crippen molar-refractivity contribution in [2.45, 2.75) is 104 Å². The van der Waals surface area contributed by atoms with Crippen molar-refractivity contribution in [1.29, 1.82) is 0 Å². The summed E-state index contributed by atoms with van der Waals surface area (Å²) in [6.07, 6.45) is 2.31. The van der Waals surface area contributed by atoms with E-state index in [4.69, 9.17) is 4.42 Å². The van der Waals surface area contributed by atoms with Crippen LogP contribution >= 0.6 is 11.3 Å². The van der Waals surface area contributed by atoms with Gasteiger partial charge in [0.25, 0.3) is 0 Å². The standard InChI is InChI=1S/C58H53BN2OS/c1-55(2,3)32-19-22-34(23-20-32)61-44-30-41-40(57(7,8)25-26-58(41,9)10)28-39(44)51-52-53-49(50-36-16-11-13-17-46(36)62-54(50)51)38-27-33(56(4,5)6)21-24-43(38)60(53)45-29-37-35-15-12-14-18-47(35)63-48(37)31-42(45)59(52)61/h11-24,27-31H,25-26H2,1-10H3. The third-order valence-corrected chi connectivity index (χ3v) is 16.7. The summed E-state index contributed by atoms with van der Waals surface area (Å²) in [4.78, 5) is 2.73. The van der Waals surface area contributed by atoms with Gasteiger partial charge < -0.3 is 13.8 Å². The highest BCUT2D eigenvalue weighted by atomic mass is 32.1. The fourth-order valence-corrected chi connectivity index (χ4v) is 13.1. The minimum Gasteiger partial charge on any atom is -0.455 e. The molecule has 0 N–H and O–H groups in total. The first-order valence-electron chi connectivity index (χ1n) is 23.0. The Balaban J connectivity index is 1.29. The van der Waals surface area contributed by atoms with Crippen molar-refractivity contribution in [3.63, 3.8) is 0 Å². The molecule has 3 aliphatic rings. The SMILES string of the molecule is CC(C)(C)c1ccc(N2B3c4cc5sc6ccccc6c5cc4-n4c5ccc(C(C)(C)C)cc5c5c6c(oc7ccccc76)c(c3c54)-c3cc4c(cc32)C(C)(C)CCC4(C)C)cc1. The molecule has 13 rings (SSSR count). The highest BCUT2D eigenvalue weighted by Crippen LogP contribution is 2.55. The topological polar surface area (TPSA) is 21.3 Å². The van der Waals surface area contributed by atoms with Gasteiger partial charge in [0.1, 0.15) is 11.2 Å². The molecule has 310 valence electrons. The fourth-order valence-electron chi connectivity index (χ4n) is 11.9. The Kier molecular flexibility index (Phi) is 7.23. The molecule has 7 aromatic carbocycles. The lowest BCUT2D eigenvalue weighted by Crippen LogP contribution is -2.60. The third kappa shape index (κ3) is 4.98. The number of hydrogen-bond donors (Lipinski definition) is 0. The summed E-state index contributed by atoms with van der Waals surface area (Å²) in [5.74, 6) is 0. The van der Waals surface area contributed by atoms with Crippen molar-refractivity contribution in [1.82, 2.24) is 4.57 Å². The van der Waals surface area contributed by atoms with Crippen LogP contribution in [0.25, 0.3) is 80.7 Å². The van der Waals surface area contributed by atoms with Gasteiger partial charge in [-0.2, -0.15) is 0 Å². The predicted octanol–water partition coefficient (Wildman–Crippen LogP) is 15.2. The van der Waals surface area contributed by atoms with Gasteiger partial charge in [0.2, 0.25) is 0 Å². The van der Waals surface area contributed by atoms with Crippen molar-refractivity contribution in [3.8, 4) is 16.8 Å².